The van der Waals surface area contributed by atoms with Gasteiger partial charge in [-0.2, -0.15) is 18.2 Å². The monoisotopic (exact) mass is 608 g/mol. The maximum absolute atomic E-state index is 13.3. The number of rotatable bonds is 6. The molecule has 1 aliphatic rings. The molecule has 1 atom stereocenters. The van der Waals surface area contributed by atoms with Gasteiger partial charge >= 0.3 is 12.3 Å². The number of carbonyl (C=O) groups excluding carboxylic acids is 1. The molecule has 1 unspecified atom stereocenters. The lowest BCUT2D eigenvalue weighted by atomic mass is 10.2. The molecule has 1 saturated heterocycles. The molecule has 1 fully saturated rings. The van der Waals surface area contributed by atoms with E-state index < -0.39 is 29.7 Å². The van der Waals surface area contributed by atoms with E-state index in [1.165, 1.54) is 36.1 Å². The number of aromatic nitrogens is 5. The van der Waals surface area contributed by atoms with Gasteiger partial charge in [0.1, 0.15) is 27.8 Å². The Morgan fingerprint density at radius 2 is 2.00 bits per heavy atom. The molecule has 4 aromatic rings. The van der Waals surface area contributed by atoms with Crippen LogP contribution in [-0.4, -0.2) is 68.1 Å². The third-order valence-corrected chi connectivity index (χ3v) is 6.59. The van der Waals surface area contributed by atoms with Gasteiger partial charge < -0.3 is 28.7 Å². The summed E-state index contributed by atoms with van der Waals surface area (Å²) >= 11 is 6.61. The summed E-state index contributed by atoms with van der Waals surface area (Å²) in [7, 11) is 4.64. The second-order valence-electron chi connectivity index (χ2n) is 9.36. The topological polar surface area (TPSA) is 138 Å². The third-order valence-electron chi connectivity index (χ3n) is 6.23. The Hall–Kier alpha value is -4.41. The fraction of sp³-hybridized carbons (Fsp3) is 0.320. The number of morpholine rings is 1. The van der Waals surface area contributed by atoms with E-state index in [1.807, 2.05) is 11.9 Å². The smallest absolute Gasteiger partial charge is 0.417 e. The molecule has 5 heterocycles. The number of carbonyl (C=O) groups is 1. The van der Waals surface area contributed by atoms with Crippen molar-refractivity contribution in [3.05, 3.63) is 57.7 Å². The maximum Gasteiger partial charge on any atom is 0.417 e. The first-order valence-corrected chi connectivity index (χ1v) is 12.7. The molecule has 17 heteroatoms. The first-order chi connectivity index (χ1) is 19.9. The number of imidazole rings is 1. The van der Waals surface area contributed by atoms with Crippen molar-refractivity contribution in [3.63, 3.8) is 0 Å². The van der Waals surface area contributed by atoms with Gasteiger partial charge in [-0.05, 0) is 19.2 Å². The Kier molecular flexibility index (Phi) is 7.94. The molecular formula is C25H24ClF3N8O5. The van der Waals surface area contributed by atoms with Crippen LogP contribution in [0.25, 0.3) is 11.2 Å². The molecular weight excluding hydrogens is 585 g/mol. The van der Waals surface area contributed by atoms with Crippen LogP contribution in [0.4, 0.5) is 35.4 Å². The van der Waals surface area contributed by atoms with Gasteiger partial charge in [-0.1, -0.05) is 11.6 Å². The van der Waals surface area contributed by atoms with E-state index in [1.54, 1.807) is 7.05 Å². The second kappa shape index (κ2) is 11.5. The van der Waals surface area contributed by atoms with Crippen molar-refractivity contribution in [1.29, 1.82) is 0 Å². The van der Waals surface area contributed by atoms with Crippen LogP contribution in [0.15, 0.2) is 41.6 Å². The molecule has 0 saturated carbocycles. The van der Waals surface area contributed by atoms with Gasteiger partial charge in [-0.3, -0.25) is 15.0 Å². The highest BCUT2D eigenvalue weighted by Gasteiger charge is 2.32. The Labute approximate surface area is 240 Å². The average Bonchev–Trinajstić information content (AvgIpc) is 3.23. The minimum Gasteiger partial charge on any atom is -0.454 e. The van der Waals surface area contributed by atoms with Crippen molar-refractivity contribution in [2.45, 2.75) is 12.5 Å². The molecule has 222 valence electrons. The van der Waals surface area contributed by atoms with Gasteiger partial charge in [0.25, 0.3) is 5.56 Å². The number of pyridine rings is 3. The minimum absolute atomic E-state index is 0.0232. The molecule has 5 rings (SSSR count). The highest BCUT2D eigenvalue weighted by Crippen LogP contribution is 2.36. The zero-order valence-corrected chi connectivity index (χ0v) is 23.2. The molecule has 0 aromatic carbocycles. The number of fused-ring (bicyclic) bond motifs is 1. The van der Waals surface area contributed by atoms with Crippen molar-refractivity contribution in [3.8, 4) is 11.5 Å². The third kappa shape index (κ3) is 6.24. The number of amides is 1. The average molecular weight is 609 g/mol. The molecule has 0 radical (unpaired) electrons. The van der Waals surface area contributed by atoms with Gasteiger partial charge in [0.15, 0.2) is 11.4 Å². The lowest BCUT2D eigenvalue weighted by molar-refractivity contribution is -0.140. The molecule has 4 aromatic heterocycles. The summed E-state index contributed by atoms with van der Waals surface area (Å²) in [5.41, 5.74) is -1.60. The number of nitrogens with one attached hydrogen (secondary N) is 2. The van der Waals surface area contributed by atoms with Crippen molar-refractivity contribution < 1.29 is 32.2 Å². The van der Waals surface area contributed by atoms with Crippen LogP contribution in [0.3, 0.4) is 0 Å². The van der Waals surface area contributed by atoms with Crippen LogP contribution < -0.4 is 20.9 Å². The Bertz CT molecular complexity index is 1710. The Morgan fingerprint density at radius 3 is 2.74 bits per heavy atom. The number of alkyl halides is 3. The van der Waals surface area contributed by atoms with Crippen molar-refractivity contribution in [2.24, 2.45) is 14.1 Å². The summed E-state index contributed by atoms with van der Waals surface area (Å²) in [5.74, 6) is 0.536. The van der Waals surface area contributed by atoms with Crippen molar-refractivity contribution >= 4 is 46.3 Å². The summed E-state index contributed by atoms with van der Waals surface area (Å²) in [6.45, 7) is 1.60. The molecule has 0 spiro atoms. The number of anilines is 3. The summed E-state index contributed by atoms with van der Waals surface area (Å²) in [4.78, 5) is 39.3. The van der Waals surface area contributed by atoms with E-state index in [0.29, 0.717) is 25.4 Å². The lowest BCUT2D eigenvalue weighted by Gasteiger charge is -2.29. The standard InChI is InChI=1S/C25H24ClF3N8O5/c1-35-6-7-40-18(12-35)42-24(39)33-17-9-14(4-5-30-17)41-16-10-31-21-20(19(16)26)37(3)23(34-21)32-15-8-13(25(27,28)29)11-36(2)22(15)38/h4-5,8-11,18H,6-7,12H2,1-3H3,(H,30,33,39)(H,31,32,34). The Balaban J connectivity index is 1.35. The summed E-state index contributed by atoms with van der Waals surface area (Å²) in [6, 6.07) is 3.67. The number of nitrogens with zero attached hydrogens (tertiary/aromatic N) is 6. The molecule has 2 N–H and O–H groups in total. The van der Waals surface area contributed by atoms with Gasteiger partial charge in [0.05, 0.1) is 24.9 Å². The van der Waals surface area contributed by atoms with Crippen LogP contribution in [0, 0.1) is 0 Å². The van der Waals surface area contributed by atoms with Crippen molar-refractivity contribution in [1.82, 2.24) is 29.0 Å². The number of ether oxygens (including phenoxy) is 3. The zero-order chi connectivity index (χ0) is 30.2. The van der Waals surface area contributed by atoms with Gasteiger partial charge in [0, 0.05) is 39.1 Å². The highest BCUT2D eigenvalue weighted by molar-refractivity contribution is 6.36. The predicted octanol–water partition coefficient (Wildman–Crippen LogP) is 4.11. The second-order valence-corrected chi connectivity index (χ2v) is 9.73. The fourth-order valence-electron chi connectivity index (χ4n) is 4.11. The van der Waals surface area contributed by atoms with Crippen LogP contribution in [0.1, 0.15) is 5.56 Å². The largest absolute Gasteiger partial charge is 0.454 e. The van der Waals surface area contributed by atoms with E-state index in [2.05, 4.69) is 25.6 Å². The Morgan fingerprint density at radius 1 is 1.21 bits per heavy atom. The summed E-state index contributed by atoms with van der Waals surface area (Å²) in [6.07, 6.45) is -2.71. The summed E-state index contributed by atoms with van der Waals surface area (Å²) < 4.78 is 58.7. The van der Waals surface area contributed by atoms with E-state index in [9.17, 15) is 22.8 Å². The summed E-state index contributed by atoms with van der Waals surface area (Å²) in [5, 5.41) is 5.24. The zero-order valence-electron chi connectivity index (χ0n) is 22.4. The number of hydrogen-bond acceptors (Lipinski definition) is 10. The van der Waals surface area contributed by atoms with E-state index in [-0.39, 0.29) is 45.1 Å². The van der Waals surface area contributed by atoms with Crippen LogP contribution in [0.2, 0.25) is 5.02 Å². The molecule has 42 heavy (non-hydrogen) atoms. The van der Waals surface area contributed by atoms with E-state index in [4.69, 9.17) is 25.8 Å². The van der Waals surface area contributed by atoms with Crippen LogP contribution in [0.5, 0.6) is 11.5 Å². The molecule has 0 aliphatic carbocycles. The van der Waals surface area contributed by atoms with Crippen LogP contribution >= 0.6 is 11.6 Å². The normalized spacial score (nSPS) is 15.9. The van der Waals surface area contributed by atoms with E-state index in [0.717, 1.165) is 11.1 Å². The maximum atomic E-state index is 13.3. The minimum atomic E-state index is -4.66. The first-order valence-electron chi connectivity index (χ1n) is 12.4. The molecule has 1 aliphatic heterocycles. The van der Waals surface area contributed by atoms with Gasteiger partial charge in [-0.15, -0.1) is 0 Å². The molecule has 13 nitrogen and oxygen atoms in total. The first kappa shape index (κ1) is 29.1. The predicted molar refractivity (Wildman–Crippen MR) is 145 cm³/mol. The van der Waals surface area contributed by atoms with Crippen LogP contribution in [-0.2, 0) is 29.7 Å². The van der Waals surface area contributed by atoms with Crippen molar-refractivity contribution in [2.75, 3.05) is 37.4 Å². The molecule has 0 bridgehead atoms. The lowest BCUT2D eigenvalue weighted by Crippen LogP contribution is -2.42. The highest BCUT2D eigenvalue weighted by atomic mass is 35.5. The number of hydrogen-bond donors (Lipinski definition) is 2. The molecule has 1 amide bonds. The fourth-order valence-corrected chi connectivity index (χ4v) is 4.40. The SMILES string of the molecule is CN1CCOC(OC(=O)Nc2cc(Oc3cnc4nc(Nc5cc(C(F)(F)F)cn(C)c5=O)n(C)c4c3Cl)ccn2)C1. The number of likely N-dealkylation sites (N-methyl/N-ethyl adjacent to an activating group) is 1. The quantitative estimate of drug-likeness (QED) is 0.329. The number of halogens is 4. The van der Waals surface area contributed by atoms with Gasteiger partial charge in [0.2, 0.25) is 12.2 Å². The number of aryl methyl sites for hydroxylation is 2. The van der Waals surface area contributed by atoms with E-state index >= 15 is 0 Å². The van der Waals surface area contributed by atoms with Gasteiger partial charge in [-0.25, -0.2) is 14.8 Å².